The van der Waals surface area contributed by atoms with Crippen LogP contribution in [0.1, 0.15) is 18.6 Å². The van der Waals surface area contributed by atoms with E-state index in [1.165, 1.54) is 33.9 Å². The van der Waals surface area contributed by atoms with Crippen molar-refractivity contribution in [2.45, 2.75) is 26.0 Å². The van der Waals surface area contributed by atoms with Crippen molar-refractivity contribution in [2.75, 3.05) is 0 Å². The molecule has 1 aromatic heterocycles. The predicted octanol–water partition coefficient (Wildman–Crippen LogP) is -3.12. The van der Waals surface area contributed by atoms with Gasteiger partial charge in [-0.15, -0.1) is 3.07 Å². The quantitative estimate of drug-likeness (QED) is 0.453. The molecule has 6 nitrogen and oxygen atoms in total. The van der Waals surface area contributed by atoms with Crippen LogP contribution in [0.5, 0.6) is 0 Å². The topological polar surface area (TPSA) is 73.2 Å². The number of carbonyl (C=O) groups excluding carboxylic acids is 2. The molecule has 0 bridgehead atoms. The highest BCUT2D eigenvalue weighted by molar-refractivity contribution is 5.90. The molecule has 1 saturated heterocycles. The number of rotatable bonds is 4. The molecule has 2 heterocycles. The standard InChI is InChI=1S/C11H14IN3O3/c1-6(11(17)15-4-3-13-5-15)9-8(7(2)18-12)10(16)14-9/h3-9,12H,1-2H3/p+1/t6-,7-,8-,9-/m1/s1. The van der Waals surface area contributed by atoms with Gasteiger partial charge in [0.2, 0.25) is 11.8 Å². The molecule has 18 heavy (non-hydrogen) atoms. The first-order chi connectivity index (χ1) is 8.56. The Labute approximate surface area is 119 Å². The van der Waals surface area contributed by atoms with Gasteiger partial charge in [-0.1, -0.05) is 6.92 Å². The van der Waals surface area contributed by atoms with E-state index in [-0.39, 0.29) is 35.8 Å². The van der Waals surface area contributed by atoms with Crippen molar-refractivity contribution in [3.63, 3.8) is 0 Å². The van der Waals surface area contributed by atoms with Crippen molar-refractivity contribution in [3.05, 3.63) is 18.7 Å². The average molecular weight is 364 g/mol. The van der Waals surface area contributed by atoms with E-state index in [0.29, 0.717) is 0 Å². The van der Waals surface area contributed by atoms with Gasteiger partial charge in [-0.3, -0.25) is 14.2 Å². The zero-order valence-electron chi connectivity index (χ0n) is 10.1. The molecule has 0 spiro atoms. The Morgan fingerprint density at radius 2 is 2.33 bits per heavy atom. The van der Waals surface area contributed by atoms with Crippen molar-refractivity contribution < 1.29 is 35.7 Å². The fraction of sp³-hybridized carbons (Fsp3) is 0.545. The largest absolute Gasteiger partial charge is 0.458 e. The molecule has 1 N–H and O–H groups in total. The normalized spacial score (nSPS) is 26.1. The molecule has 1 aliphatic heterocycles. The molecule has 0 aliphatic carbocycles. The first-order valence-electron chi connectivity index (χ1n) is 5.67. The summed E-state index contributed by atoms with van der Waals surface area (Å²) in [6.45, 7) is 3.65. The molecular weight excluding hydrogens is 349 g/mol. The second-order valence-corrected chi connectivity index (χ2v) is 5.01. The Hall–Kier alpha value is -0.960. The zero-order chi connectivity index (χ0) is 13.3. The van der Waals surface area contributed by atoms with Gasteiger partial charge in [-0.05, 0) is 6.92 Å². The van der Waals surface area contributed by atoms with E-state index in [9.17, 15) is 9.59 Å². The number of nitrogens with one attached hydrogen (secondary N) is 1. The second-order valence-electron chi connectivity index (χ2n) is 4.46. The number of nitrogens with zero attached hydrogens (tertiary/aromatic N) is 2. The van der Waals surface area contributed by atoms with Crippen molar-refractivity contribution in [1.82, 2.24) is 14.9 Å². The Morgan fingerprint density at radius 3 is 2.83 bits per heavy atom. The number of β-lactam (4-membered cyclic amide) rings is 1. The summed E-state index contributed by atoms with van der Waals surface area (Å²) in [5.74, 6) is -0.700. The molecule has 1 aromatic rings. The molecule has 2 rings (SSSR count). The third kappa shape index (κ3) is 2.28. The van der Waals surface area contributed by atoms with Crippen LogP contribution in [0.4, 0.5) is 0 Å². The van der Waals surface area contributed by atoms with Gasteiger partial charge in [0.25, 0.3) is 0 Å². The zero-order valence-corrected chi connectivity index (χ0v) is 12.4. The third-order valence-corrected chi connectivity index (χ3v) is 4.21. The van der Waals surface area contributed by atoms with Gasteiger partial charge < -0.3 is 5.32 Å². The molecule has 0 unspecified atom stereocenters. The lowest BCUT2D eigenvalue weighted by atomic mass is 9.78. The summed E-state index contributed by atoms with van der Waals surface area (Å²) in [5.41, 5.74) is 0. The second kappa shape index (κ2) is 5.35. The molecule has 4 atom stereocenters. The van der Waals surface area contributed by atoms with Gasteiger partial charge in [0, 0.05) is 12.4 Å². The Bertz CT molecular complexity index is 448. The fourth-order valence-electron chi connectivity index (χ4n) is 2.20. The number of amides is 1. The first kappa shape index (κ1) is 13.5. The molecule has 0 saturated carbocycles. The van der Waals surface area contributed by atoms with E-state index in [0.717, 1.165) is 0 Å². The predicted molar refractivity (Wildman–Crippen MR) is 59.4 cm³/mol. The molecule has 1 amide bonds. The van der Waals surface area contributed by atoms with E-state index < -0.39 is 0 Å². The monoisotopic (exact) mass is 364 g/mol. The Balaban J connectivity index is 2.08. The minimum absolute atomic E-state index is 0.0543. The smallest absolute Gasteiger partial charge is 0.351 e. The SMILES string of the molecule is C[C@@H](O[IH+])[C@H]1C(=O)N[C@@H]1[C@@H](C)C(=O)n1ccnc1. The number of hydrogen-bond acceptors (Lipinski definition) is 4. The Morgan fingerprint density at radius 1 is 1.61 bits per heavy atom. The van der Waals surface area contributed by atoms with Gasteiger partial charge >= 0.3 is 23.0 Å². The van der Waals surface area contributed by atoms with E-state index in [2.05, 4.69) is 10.3 Å². The summed E-state index contributed by atoms with van der Waals surface area (Å²) < 4.78 is 6.63. The molecule has 7 heteroatoms. The van der Waals surface area contributed by atoms with Crippen LogP contribution >= 0.6 is 0 Å². The summed E-state index contributed by atoms with van der Waals surface area (Å²) in [6, 6.07) is -0.177. The maximum Gasteiger partial charge on any atom is 0.458 e. The number of imidazole rings is 1. The van der Waals surface area contributed by atoms with Crippen LogP contribution < -0.4 is 28.3 Å². The van der Waals surface area contributed by atoms with Gasteiger partial charge in [0.1, 0.15) is 12.4 Å². The maximum atomic E-state index is 12.1. The minimum Gasteiger partial charge on any atom is -0.351 e. The lowest BCUT2D eigenvalue weighted by molar-refractivity contribution is -0.703. The summed E-state index contributed by atoms with van der Waals surface area (Å²) in [5, 5.41) is 2.78. The van der Waals surface area contributed by atoms with Crippen LogP contribution in [0, 0.1) is 11.8 Å². The van der Waals surface area contributed by atoms with Crippen LogP contribution in [-0.4, -0.2) is 33.5 Å². The molecule has 1 fully saturated rings. The van der Waals surface area contributed by atoms with Crippen molar-refractivity contribution >= 4 is 11.8 Å². The van der Waals surface area contributed by atoms with Gasteiger partial charge in [-0.25, -0.2) is 4.98 Å². The molecule has 0 aromatic carbocycles. The molecular formula is C11H15IN3O3+. The lowest BCUT2D eigenvalue weighted by Crippen LogP contribution is -3.34. The Kier molecular flexibility index (Phi) is 4.00. The van der Waals surface area contributed by atoms with Crippen LogP contribution in [-0.2, 0) is 7.86 Å². The van der Waals surface area contributed by atoms with Crippen LogP contribution in [0.3, 0.4) is 0 Å². The van der Waals surface area contributed by atoms with Crippen LogP contribution in [0.25, 0.3) is 0 Å². The van der Waals surface area contributed by atoms with Gasteiger partial charge in [0.15, 0.2) is 0 Å². The highest BCUT2D eigenvalue weighted by atomic mass is 127. The van der Waals surface area contributed by atoms with Crippen molar-refractivity contribution in [2.24, 2.45) is 11.8 Å². The summed E-state index contributed by atoms with van der Waals surface area (Å²) >= 11 is 1.49. The van der Waals surface area contributed by atoms with E-state index in [1.807, 2.05) is 13.8 Å². The fourth-order valence-corrected chi connectivity index (χ4v) is 2.54. The highest BCUT2D eigenvalue weighted by Crippen LogP contribution is 2.27. The average Bonchev–Trinajstić information content (AvgIpc) is 2.87. The molecule has 0 radical (unpaired) electrons. The third-order valence-electron chi connectivity index (χ3n) is 3.34. The summed E-state index contributed by atoms with van der Waals surface area (Å²) in [4.78, 5) is 27.5. The van der Waals surface area contributed by atoms with E-state index in [4.69, 9.17) is 3.07 Å². The van der Waals surface area contributed by atoms with E-state index >= 15 is 0 Å². The number of carbonyl (C=O) groups is 2. The molecule has 1 aliphatic rings. The summed E-state index contributed by atoms with van der Waals surface area (Å²) in [6.07, 6.45) is 4.44. The molecule has 98 valence electrons. The van der Waals surface area contributed by atoms with Crippen molar-refractivity contribution in [3.8, 4) is 0 Å². The minimum atomic E-state index is -0.305. The number of halogens is 1. The number of hydrogen-bond donors (Lipinski definition) is 1. The highest BCUT2D eigenvalue weighted by Gasteiger charge is 2.49. The van der Waals surface area contributed by atoms with Crippen LogP contribution in [0.2, 0.25) is 0 Å². The maximum absolute atomic E-state index is 12.1. The first-order valence-corrected chi connectivity index (χ1v) is 6.62. The summed E-state index contributed by atoms with van der Waals surface area (Å²) in [7, 11) is 0. The van der Waals surface area contributed by atoms with E-state index in [1.54, 1.807) is 12.4 Å². The van der Waals surface area contributed by atoms with Crippen molar-refractivity contribution in [1.29, 1.82) is 0 Å². The van der Waals surface area contributed by atoms with Gasteiger partial charge in [0.05, 0.1) is 17.9 Å². The lowest BCUT2D eigenvalue weighted by Gasteiger charge is -2.41. The van der Waals surface area contributed by atoms with Gasteiger partial charge in [-0.2, -0.15) is 0 Å². The van der Waals surface area contributed by atoms with Crippen LogP contribution in [0.15, 0.2) is 18.7 Å². The number of aromatic nitrogens is 2.